The lowest BCUT2D eigenvalue weighted by molar-refractivity contribution is 0.0886. The van der Waals surface area contributed by atoms with Crippen molar-refractivity contribution in [1.29, 1.82) is 0 Å². The molecule has 31 heavy (non-hydrogen) atoms. The molecule has 2 aromatic rings. The van der Waals surface area contributed by atoms with Gasteiger partial charge in [-0.15, -0.1) is 0 Å². The lowest BCUT2D eigenvalue weighted by atomic mass is 10.2. The molecule has 1 aromatic carbocycles. The molecule has 2 heterocycles. The van der Waals surface area contributed by atoms with E-state index in [4.69, 9.17) is 21.1 Å². The van der Waals surface area contributed by atoms with Crippen molar-refractivity contribution in [3.8, 4) is 11.5 Å². The molecule has 0 radical (unpaired) electrons. The zero-order chi connectivity index (χ0) is 22.7. The predicted molar refractivity (Wildman–Crippen MR) is 118 cm³/mol. The normalized spacial score (nSPS) is 18.7. The Morgan fingerprint density at radius 2 is 2.00 bits per heavy atom. The molecule has 1 unspecified atom stereocenters. The number of allylic oxidation sites excluding steroid dienone is 2. The minimum atomic E-state index is -0.627. The number of aromatic nitrogens is 2. The van der Waals surface area contributed by atoms with Crippen molar-refractivity contribution in [2.24, 2.45) is 4.99 Å². The summed E-state index contributed by atoms with van der Waals surface area (Å²) >= 11 is 5.73. The Balaban J connectivity index is 1.99. The van der Waals surface area contributed by atoms with E-state index in [0.29, 0.717) is 23.2 Å². The van der Waals surface area contributed by atoms with Gasteiger partial charge in [-0.25, -0.2) is 24.1 Å². The van der Waals surface area contributed by atoms with E-state index >= 15 is 0 Å². The number of hydrogen-bond acceptors (Lipinski definition) is 7. The Hall–Kier alpha value is -2.78. The third kappa shape index (κ3) is 5.11. The van der Waals surface area contributed by atoms with Gasteiger partial charge in [-0.2, -0.15) is 0 Å². The van der Waals surface area contributed by atoms with Crippen molar-refractivity contribution >= 4 is 40.1 Å². The van der Waals surface area contributed by atoms with Crippen LogP contribution >= 0.6 is 11.6 Å². The van der Waals surface area contributed by atoms with Gasteiger partial charge in [-0.3, -0.25) is 0 Å². The number of hydrogen-bond donors (Lipinski definition) is 0. The van der Waals surface area contributed by atoms with Crippen molar-refractivity contribution in [2.75, 3.05) is 33.8 Å². The second-order valence-electron chi connectivity index (χ2n) is 7.43. The molecule has 0 N–H and O–H groups in total. The van der Waals surface area contributed by atoms with Crippen LogP contribution in [0.3, 0.4) is 0 Å². The van der Waals surface area contributed by atoms with Gasteiger partial charge in [0.05, 0.1) is 23.4 Å². The van der Waals surface area contributed by atoms with E-state index in [1.54, 1.807) is 17.0 Å². The molecule has 1 saturated heterocycles. The first kappa shape index (κ1) is 22.9. The second-order valence-corrected chi connectivity index (χ2v) is 8.00. The fourth-order valence-electron chi connectivity index (χ4n) is 3.40. The number of carbonyl (C=O) groups excluding carboxylic acids is 1. The summed E-state index contributed by atoms with van der Waals surface area (Å²) in [6, 6.07) is 3.21. The Kier molecular flexibility index (Phi) is 7.07. The van der Waals surface area contributed by atoms with Crippen molar-refractivity contribution < 1.29 is 18.7 Å². The summed E-state index contributed by atoms with van der Waals surface area (Å²) < 4.78 is 25.2. The van der Waals surface area contributed by atoms with Gasteiger partial charge >= 0.3 is 6.09 Å². The van der Waals surface area contributed by atoms with Gasteiger partial charge in [-0.05, 0) is 33.9 Å². The number of ether oxygens (including phenoxy) is 2. The molecule has 8 nitrogen and oxygen atoms in total. The number of aliphatic imine (C=N–C) groups is 1. The number of rotatable bonds is 4. The Morgan fingerprint density at radius 3 is 2.65 bits per heavy atom. The highest BCUT2D eigenvalue weighted by Crippen LogP contribution is 2.35. The van der Waals surface area contributed by atoms with Crippen molar-refractivity contribution in [3.05, 3.63) is 29.3 Å². The highest BCUT2D eigenvalue weighted by molar-refractivity contribution is 6.31. The number of piperazine rings is 1. The van der Waals surface area contributed by atoms with E-state index in [1.165, 1.54) is 27.3 Å². The van der Waals surface area contributed by atoms with Crippen molar-refractivity contribution in [3.63, 3.8) is 0 Å². The molecule has 0 aliphatic carbocycles. The van der Waals surface area contributed by atoms with Gasteiger partial charge in [0.1, 0.15) is 6.33 Å². The number of methoxy groups -OCH3 is 1. The average molecular weight is 450 g/mol. The molecule has 0 spiro atoms. The first-order chi connectivity index (χ1) is 14.7. The zero-order valence-corrected chi connectivity index (χ0v) is 18.9. The maximum atomic E-state index is 14.1. The number of carbonyl (C=O) groups is 1. The summed E-state index contributed by atoms with van der Waals surface area (Å²) in [6.07, 6.45) is 0.851. The molecule has 1 aliphatic heterocycles. The molecule has 1 aromatic heterocycles. The van der Waals surface area contributed by atoms with Crippen LogP contribution in [0.1, 0.15) is 20.8 Å². The summed E-state index contributed by atoms with van der Waals surface area (Å²) in [5, 5.41) is 0.481. The van der Waals surface area contributed by atoms with Crippen LogP contribution in [0.2, 0.25) is 0 Å². The number of benzene rings is 1. The maximum Gasteiger partial charge on any atom is 0.415 e. The van der Waals surface area contributed by atoms with E-state index in [-0.39, 0.29) is 28.4 Å². The first-order valence-corrected chi connectivity index (χ1v) is 10.2. The molecule has 10 heteroatoms. The lowest BCUT2D eigenvalue weighted by Crippen LogP contribution is -2.53. The molecule has 1 aliphatic rings. The zero-order valence-electron chi connectivity index (χ0n) is 18.1. The van der Waals surface area contributed by atoms with Crippen LogP contribution in [0, 0.1) is 0 Å². The number of amides is 1. The topological polar surface area (TPSA) is 80.2 Å². The minimum Gasteiger partial charge on any atom is -0.493 e. The van der Waals surface area contributed by atoms with Crippen LogP contribution in [0.15, 0.2) is 34.3 Å². The van der Waals surface area contributed by atoms with Gasteiger partial charge < -0.3 is 19.3 Å². The quantitative estimate of drug-likeness (QED) is 0.647. The minimum absolute atomic E-state index is 0.00260. The van der Waals surface area contributed by atoms with Crippen molar-refractivity contribution in [1.82, 2.24) is 19.8 Å². The van der Waals surface area contributed by atoms with Gasteiger partial charge in [0.15, 0.2) is 23.1 Å². The van der Waals surface area contributed by atoms with Crippen LogP contribution in [0.4, 0.5) is 15.0 Å². The highest BCUT2D eigenvalue weighted by Gasteiger charge is 2.28. The first-order valence-electron chi connectivity index (χ1n) is 9.78. The molecule has 1 amide bonds. The smallest absolute Gasteiger partial charge is 0.415 e. The van der Waals surface area contributed by atoms with E-state index in [0.717, 1.165) is 13.1 Å². The molecular weight excluding hydrogens is 425 g/mol. The molecule has 3 rings (SSSR count). The monoisotopic (exact) mass is 449 g/mol. The maximum absolute atomic E-state index is 14.1. The second kappa shape index (κ2) is 9.57. The van der Waals surface area contributed by atoms with Gasteiger partial charge in [0.25, 0.3) is 0 Å². The van der Waals surface area contributed by atoms with Crippen LogP contribution in [-0.4, -0.2) is 71.4 Å². The van der Waals surface area contributed by atoms with Crippen LogP contribution in [0.25, 0.3) is 10.9 Å². The van der Waals surface area contributed by atoms with Crippen molar-refractivity contribution in [2.45, 2.75) is 26.8 Å². The number of nitrogens with zero attached hydrogens (tertiary/aromatic N) is 5. The fraction of sp³-hybridized carbons (Fsp3) is 0.429. The van der Waals surface area contributed by atoms with Crippen LogP contribution in [0.5, 0.6) is 11.5 Å². The summed E-state index contributed by atoms with van der Waals surface area (Å²) in [5.41, 5.74) is 0.589. The fourth-order valence-corrected chi connectivity index (χ4v) is 3.54. The SMILES string of the molecule is COc1cc2ncnc(N=C(C)/C(F)=C(\C)Cl)c2cc1OC(=O)N1CCN(C)CC1C. The average Bonchev–Trinajstić information content (AvgIpc) is 2.72. The molecule has 0 bridgehead atoms. The van der Waals surface area contributed by atoms with E-state index < -0.39 is 11.9 Å². The van der Waals surface area contributed by atoms with E-state index in [9.17, 15) is 9.18 Å². The predicted octanol–water partition coefficient (Wildman–Crippen LogP) is 4.31. The van der Waals surface area contributed by atoms with Crippen LogP contribution in [-0.2, 0) is 0 Å². The largest absolute Gasteiger partial charge is 0.493 e. The molecule has 166 valence electrons. The summed E-state index contributed by atoms with van der Waals surface area (Å²) in [7, 11) is 3.49. The van der Waals surface area contributed by atoms with Gasteiger partial charge in [0, 0.05) is 37.1 Å². The summed E-state index contributed by atoms with van der Waals surface area (Å²) in [5.74, 6) is 0.149. The van der Waals surface area contributed by atoms with E-state index in [2.05, 4.69) is 19.9 Å². The lowest BCUT2D eigenvalue weighted by Gasteiger charge is -2.37. The summed E-state index contributed by atoms with van der Waals surface area (Å²) in [4.78, 5) is 29.3. The van der Waals surface area contributed by atoms with Gasteiger partial charge in [-0.1, -0.05) is 11.6 Å². The molecule has 0 saturated carbocycles. The standard InChI is InChI=1S/C21H25ClFN5O3/c1-12-10-27(4)6-7-28(12)21(29)31-18-8-15-16(9-17(18)30-5)24-11-25-20(15)26-14(3)19(23)13(2)22/h8-9,11-12H,6-7,10H2,1-5H3/b19-13-,26-14?. The Labute approximate surface area is 185 Å². The molecular formula is C21H25ClFN5O3. The Morgan fingerprint density at radius 1 is 1.26 bits per heavy atom. The number of halogens is 2. The van der Waals surface area contributed by atoms with Gasteiger partial charge in [0.2, 0.25) is 0 Å². The van der Waals surface area contributed by atoms with E-state index in [1.807, 2.05) is 14.0 Å². The summed E-state index contributed by atoms with van der Waals surface area (Å²) in [6.45, 7) is 6.99. The Bertz CT molecular complexity index is 1050. The molecule has 1 atom stereocenters. The number of likely N-dealkylation sites (N-methyl/N-ethyl adjacent to an activating group) is 1. The third-order valence-corrected chi connectivity index (χ3v) is 5.22. The number of fused-ring (bicyclic) bond motifs is 1. The highest BCUT2D eigenvalue weighted by atomic mass is 35.5. The van der Waals surface area contributed by atoms with Crippen LogP contribution < -0.4 is 9.47 Å². The third-order valence-electron chi connectivity index (χ3n) is 5.06. The molecule has 1 fully saturated rings.